The third kappa shape index (κ3) is 4.80. The Morgan fingerprint density at radius 3 is 2.93 bits per heavy atom. The summed E-state index contributed by atoms with van der Waals surface area (Å²) in [6, 6.07) is 11.2. The minimum atomic E-state index is -0.353. The van der Waals surface area contributed by atoms with E-state index in [1.54, 1.807) is 30.3 Å². The highest BCUT2D eigenvalue weighted by Crippen LogP contribution is 2.30. The predicted octanol–water partition coefficient (Wildman–Crippen LogP) is 5.00. The van der Waals surface area contributed by atoms with Gasteiger partial charge in [-0.2, -0.15) is 4.98 Å². The van der Waals surface area contributed by atoms with Crippen LogP contribution in [0.1, 0.15) is 24.7 Å². The van der Waals surface area contributed by atoms with E-state index in [2.05, 4.69) is 15.5 Å². The second-order valence-corrected chi connectivity index (χ2v) is 7.98. The van der Waals surface area contributed by atoms with Crippen molar-refractivity contribution in [1.82, 2.24) is 15.0 Å². The number of carbonyl (C=O) groups excluding carboxylic acids is 1. The first kappa shape index (κ1) is 20.8. The van der Waals surface area contributed by atoms with Crippen molar-refractivity contribution in [2.45, 2.75) is 18.8 Å². The van der Waals surface area contributed by atoms with Crippen molar-refractivity contribution in [3.8, 4) is 11.4 Å². The summed E-state index contributed by atoms with van der Waals surface area (Å²) in [5.41, 5.74) is 1.05. The molecule has 156 valence electrons. The molecule has 4 rings (SSSR count). The molecule has 1 aliphatic heterocycles. The fourth-order valence-electron chi connectivity index (χ4n) is 3.54. The molecule has 1 N–H and O–H groups in total. The second kappa shape index (κ2) is 9.12. The van der Waals surface area contributed by atoms with E-state index < -0.39 is 0 Å². The van der Waals surface area contributed by atoms with Crippen molar-refractivity contribution in [3.63, 3.8) is 0 Å². The Morgan fingerprint density at radius 2 is 2.10 bits per heavy atom. The van der Waals surface area contributed by atoms with Crippen LogP contribution in [0.25, 0.3) is 11.4 Å². The van der Waals surface area contributed by atoms with Crippen molar-refractivity contribution in [2.24, 2.45) is 0 Å². The molecule has 3 aromatic rings. The first-order valence-electron chi connectivity index (χ1n) is 9.55. The Labute approximate surface area is 183 Å². The van der Waals surface area contributed by atoms with Gasteiger partial charge in [0.25, 0.3) is 0 Å². The number of nitrogens with one attached hydrogen (secondary N) is 1. The Kier molecular flexibility index (Phi) is 6.32. The average molecular weight is 449 g/mol. The number of hydrogen-bond donors (Lipinski definition) is 1. The van der Waals surface area contributed by atoms with Gasteiger partial charge < -0.3 is 9.84 Å². The van der Waals surface area contributed by atoms with Crippen molar-refractivity contribution in [1.29, 1.82) is 0 Å². The standard InChI is InChI=1S/C21H19Cl2FN4O2/c22-16-7-2-8-17(19(16)23)25-18(29)12-28-9-3-5-14(11-28)21-26-20(27-30-21)13-4-1-6-15(24)10-13/h1-2,4,6-8,10,14H,3,5,9,11-12H2,(H,25,29). The van der Waals surface area contributed by atoms with Gasteiger partial charge in [0.15, 0.2) is 0 Å². The van der Waals surface area contributed by atoms with Gasteiger partial charge in [-0.15, -0.1) is 0 Å². The van der Waals surface area contributed by atoms with Crippen LogP contribution in [-0.2, 0) is 4.79 Å². The van der Waals surface area contributed by atoms with E-state index in [1.807, 2.05) is 4.90 Å². The largest absolute Gasteiger partial charge is 0.339 e. The number of nitrogens with zero attached hydrogens (tertiary/aromatic N) is 3. The molecule has 9 heteroatoms. The number of hydrogen-bond acceptors (Lipinski definition) is 5. The molecule has 1 aromatic heterocycles. The van der Waals surface area contributed by atoms with Crippen LogP contribution in [0, 0.1) is 5.82 Å². The monoisotopic (exact) mass is 448 g/mol. The summed E-state index contributed by atoms with van der Waals surface area (Å²) in [4.78, 5) is 18.9. The maximum atomic E-state index is 13.4. The number of halogens is 3. The number of carbonyl (C=O) groups is 1. The number of aromatic nitrogens is 2. The van der Waals surface area contributed by atoms with E-state index in [-0.39, 0.29) is 24.2 Å². The Hall–Kier alpha value is -2.48. The van der Waals surface area contributed by atoms with Crippen LogP contribution in [0.5, 0.6) is 0 Å². The molecule has 0 bridgehead atoms. The molecule has 1 fully saturated rings. The summed E-state index contributed by atoms with van der Waals surface area (Å²) in [6.07, 6.45) is 1.77. The van der Waals surface area contributed by atoms with E-state index >= 15 is 0 Å². The Morgan fingerprint density at radius 1 is 1.27 bits per heavy atom. The van der Waals surface area contributed by atoms with E-state index in [4.69, 9.17) is 27.7 Å². The quantitative estimate of drug-likeness (QED) is 0.594. The first-order chi connectivity index (χ1) is 14.5. The summed E-state index contributed by atoms with van der Waals surface area (Å²) >= 11 is 12.1. The zero-order chi connectivity index (χ0) is 21.1. The molecule has 1 saturated heterocycles. The van der Waals surface area contributed by atoms with Crippen molar-refractivity contribution >= 4 is 34.8 Å². The Bertz CT molecular complexity index is 1060. The number of amides is 1. The molecule has 2 heterocycles. The van der Waals surface area contributed by atoms with Crippen LogP contribution in [0.15, 0.2) is 47.0 Å². The van der Waals surface area contributed by atoms with Crippen molar-refractivity contribution < 1.29 is 13.7 Å². The summed E-state index contributed by atoms with van der Waals surface area (Å²) in [5, 5.41) is 7.49. The summed E-state index contributed by atoms with van der Waals surface area (Å²) < 4.78 is 18.9. The molecule has 1 aliphatic rings. The predicted molar refractivity (Wildman–Crippen MR) is 113 cm³/mol. The third-order valence-corrected chi connectivity index (χ3v) is 5.79. The fourth-order valence-corrected chi connectivity index (χ4v) is 3.89. The first-order valence-corrected chi connectivity index (χ1v) is 10.3. The zero-order valence-corrected chi connectivity index (χ0v) is 17.5. The average Bonchev–Trinajstić information content (AvgIpc) is 3.22. The molecule has 1 amide bonds. The van der Waals surface area contributed by atoms with Gasteiger partial charge in [-0.1, -0.05) is 46.6 Å². The third-order valence-electron chi connectivity index (χ3n) is 4.97. The fraction of sp³-hybridized carbons (Fsp3) is 0.286. The van der Waals surface area contributed by atoms with Crippen LogP contribution >= 0.6 is 23.2 Å². The van der Waals surface area contributed by atoms with E-state index in [1.165, 1.54) is 12.1 Å². The molecule has 0 radical (unpaired) electrons. The van der Waals surface area contributed by atoms with Gasteiger partial charge in [0.2, 0.25) is 17.6 Å². The minimum Gasteiger partial charge on any atom is -0.339 e. The lowest BCUT2D eigenvalue weighted by atomic mass is 9.98. The van der Waals surface area contributed by atoms with Crippen LogP contribution in [0.4, 0.5) is 10.1 Å². The summed E-state index contributed by atoms with van der Waals surface area (Å²) in [6.45, 7) is 1.61. The minimum absolute atomic E-state index is 0.0103. The van der Waals surface area contributed by atoms with Gasteiger partial charge >= 0.3 is 0 Å². The molecule has 0 aliphatic carbocycles. The van der Waals surface area contributed by atoms with Gasteiger partial charge in [0, 0.05) is 12.1 Å². The smallest absolute Gasteiger partial charge is 0.238 e. The molecule has 0 saturated carbocycles. The van der Waals surface area contributed by atoms with Gasteiger partial charge in [-0.3, -0.25) is 9.69 Å². The number of rotatable bonds is 5. The van der Waals surface area contributed by atoms with Crippen molar-refractivity contribution in [2.75, 3.05) is 25.0 Å². The zero-order valence-electron chi connectivity index (χ0n) is 15.9. The highest BCUT2D eigenvalue weighted by Gasteiger charge is 2.27. The molecule has 1 atom stereocenters. The van der Waals surface area contributed by atoms with E-state index in [9.17, 15) is 9.18 Å². The van der Waals surface area contributed by atoms with Crippen LogP contribution < -0.4 is 5.32 Å². The second-order valence-electron chi connectivity index (χ2n) is 7.19. The van der Waals surface area contributed by atoms with Gasteiger partial charge in [0.05, 0.1) is 28.2 Å². The molecular formula is C21H19Cl2FN4O2. The maximum absolute atomic E-state index is 13.4. The molecule has 6 nitrogen and oxygen atoms in total. The molecule has 2 aromatic carbocycles. The van der Waals surface area contributed by atoms with Crippen LogP contribution in [0.2, 0.25) is 10.0 Å². The van der Waals surface area contributed by atoms with Crippen LogP contribution in [0.3, 0.4) is 0 Å². The topological polar surface area (TPSA) is 71.3 Å². The lowest BCUT2D eigenvalue weighted by molar-refractivity contribution is -0.117. The lowest BCUT2D eigenvalue weighted by Crippen LogP contribution is -2.39. The Balaban J connectivity index is 1.39. The normalized spacial score (nSPS) is 17.1. The molecule has 0 spiro atoms. The van der Waals surface area contributed by atoms with Crippen molar-refractivity contribution in [3.05, 3.63) is 64.2 Å². The number of benzene rings is 2. The SMILES string of the molecule is O=C(CN1CCCC(c2nc(-c3cccc(F)c3)no2)C1)Nc1cccc(Cl)c1Cl. The summed E-state index contributed by atoms with van der Waals surface area (Å²) in [7, 11) is 0. The van der Waals surface area contributed by atoms with E-state index in [0.29, 0.717) is 39.6 Å². The molecule has 30 heavy (non-hydrogen) atoms. The number of likely N-dealkylation sites (tertiary alicyclic amines) is 1. The van der Waals surface area contributed by atoms with Gasteiger partial charge in [-0.05, 0) is 43.7 Å². The maximum Gasteiger partial charge on any atom is 0.238 e. The number of piperidine rings is 1. The van der Waals surface area contributed by atoms with Crippen LogP contribution in [-0.4, -0.2) is 40.6 Å². The molecular weight excluding hydrogens is 430 g/mol. The molecule has 1 unspecified atom stereocenters. The highest BCUT2D eigenvalue weighted by atomic mass is 35.5. The lowest BCUT2D eigenvalue weighted by Gasteiger charge is -2.30. The van der Waals surface area contributed by atoms with Gasteiger partial charge in [0.1, 0.15) is 5.82 Å². The van der Waals surface area contributed by atoms with Gasteiger partial charge in [-0.25, -0.2) is 4.39 Å². The highest BCUT2D eigenvalue weighted by molar-refractivity contribution is 6.44. The summed E-state index contributed by atoms with van der Waals surface area (Å²) in [5.74, 6) is 0.336. The number of anilines is 1. The van der Waals surface area contributed by atoms with E-state index in [0.717, 1.165) is 19.4 Å².